The largest absolute Gasteiger partial charge is 0.300 e. The van der Waals surface area contributed by atoms with E-state index in [-0.39, 0.29) is 11.1 Å². The highest BCUT2D eigenvalue weighted by atomic mass is 35.5. The lowest BCUT2D eigenvalue weighted by molar-refractivity contribution is -0.130. The molecule has 0 N–H and O–H groups in total. The van der Waals surface area contributed by atoms with Gasteiger partial charge in [0, 0.05) is 23.9 Å². The molecule has 2 nitrogen and oxygen atoms in total. The summed E-state index contributed by atoms with van der Waals surface area (Å²) < 4.78 is 1.97. The van der Waals surface area contributed by atoms with Crippen LogP contribution in [0.25, 0.3) is 0 Å². The fourth-order valence-corrected chi connectivity index (χ4v) is 3.56. The summed E-state index contributed by atoms with van der Waals surface area (Å²) in [5.41, 5.74) is -0.202. The third-order valence-electron chi connectivity index (χ3n) is 3.89. The Labute approximate surface area is 97.1 Å². The van der Waals surface area contributed by atoms with Crippen molar-refractivity contribution in [2.75, 3.05) is 0 Å². The van der Waals surface area contributed by atoms with Gasteiger partial charge in [0.05, 0.1) is 0 Å². The molecule has 15 heavy (non-hydrogen) atoms. The molecule has 3 heteroatoms. The van der Waals surface area contributed by atoms with Crippen molar-refractivity contribution < 1.29 is 4.79 Å². The number of piperidine rings is 1. The van der Waals surface area contributed by atoms with Crippen LogP contribution in [0.15, 0.2) is 0 Å². The number of carbonyl (C=O) groups is 1. The van der Waals surface area contributed by atoms with Crippen LogP contribution < -0.4 is 0 Å². The van der Waals surface area contributed by atoms with E-state index in [1.165, 1.54) is 19.3 Å². The molecule has 1 saturated heterocycles. The average Bonchev–Trinajstić information content (AvgIpc) is 2.15. The number of hydrogen-bond donors (Lipinski definition) is 0. The first-order chi connectivity index (χ1) is 6.96. The fraction of sp³-hybridized carbons (Fsp3) is 0.917. The monoisotopic (exact) mass is 229 g/mol. The maximum absolute atomic E-state index is 11.8. The van der Waals surface area contributed by atoms with Gasteiger partial charge in [-0.15, -0.1) is 0 Å². The topological polar surface area (TPSA) is 20.3 Å². The molecule has 0 bridgehead atoms. The lowest BCUT2D eigenvalue weighted by atomic mass is 9.72. The summed E-state index contributed by atoms with van der Waals surface area (Å²) in [6.45, 7) is 4.15. The summed E-state index contributed by atoms with van der Waals surface area (Å²) in [7, 11) is 0. The third kappa shape index (κ3) is 1.94. The fourth-order valence-electron chi connectivity index (χ4n) is 3.28. The van der Waals surface area contributed by atoms with E-state index in [2.05, 4.69) is 13.8 Å². The summed E-state index contributed by atoms with van der Waals surface area (Å²) in [6, 6.07) is 0. The second-order valence-corrected chi connectivity index (χ2v) is 6.11. The minimum absolute atomic E-state index is 0.0291. The van der Waals surface area contributed by atoms with Crippen LogP contribution in [-0.2, 0) is 4.79 Å². The molecule has 0 atom stereocenters. The van der Waals surface area contributed by atoms with Crippen LogP contribution in [0.3, 0.4) is 0 Å². The van der Waals surface area contributed by atoms with Crippen LogP contribution >= 0.6 is 11.8 Å². The molecule has 86 valence electrons. The van der Waals surface area contributed by atoms with Crippen molar-refractivity contribution in [2.24, 2.45) is 0 Å². The zero-order chi connectivity index (χ0) is 11.1. The Balaban J connectivity index is 2.25. The molecule has 1 saturated carbocycles. The second-order valence-electron chi connectivity index (χ2n) is 5.77. The van der Waals surface area contributed by atoms with Gasteiger partial charge < -0.3 is 0 Å². The molecule has 1 spiro atoms. The molecular formula is C12H20ClNO. The summed E-state index contributed by atoms with van der Waals surface area (Å²) in [5, 5.41) is 0. The van der Waals surface area contributed by atoms with Crippen molar-refractivity contribution >= 4 is 17.6 Å². The number of nitrogens with zero attached hydrogens (tertiary/aromatic N) is 1. The Hall–Kier alpha value is -0.0800. The third-order valence-corrected chi connectivity index (χ3v) is 4.70. The first-order valence-electron chi connectivity index (χ1n) is 5.94. The van der Waals surface area contributed by atoms with Gasteiger partial charge in [0.1, 0.15) is 5.78 Å². The molecule has 2 rings (SSSR count). The van der Waals surface area contributed by atoms with E-state index in [1.54, 1.807) is 0 Å². The van der Waals surface area contributed by atoms with Crippen molar-refractivity contribution in [3.63, 3.8) is 0 Å². The van der Waals surface area contributed by atoms with Crippen LogP contribution in [0.4, 0.5) is 0 Å². The quantitative estimate of drug-likeness (QED) is 0.594. The number of hydrogen-bond acceptors (Lipinski definition) is 2. The van der Waals surface area contributed by atoms with Gasteiger partial charge in [0.2, 0.25) is 0 Å². The highest BCUT2D eigenvalue weighted by molar-refractivity contribution is 6.15. The molecule has 0 radical (unpaired) electrons. The molecule has 2 aliphatic rings. The Morgan fingerprint density at radius 2 is 1.73 bits per heavy atom. The SMILES string of the molecule is CC1(C)CC(=O)CC2(CCCCC2)N1Cl. The highest BCUT2D eigenvalue weighted by Crippen LogP contribution is 2.46. The van der Waals surface area contributed by atoms with Crippen molar-refractivity contribution in [2.45, 2.75) is 69.9 Å². The zero-order valence-corrected chi connectivity index (χ0v) is 10.4. The lowest BCUT2D eigenvalue weighted by Crippen LogP contribution is -2.59. The van der Waals surface area contributed by atoms with Crippen molar-refractivity contribution in [1.29, 1.82) is 0 Å². The Morgan fingerprint density at radius 1 is 1.13 bits per heavy atom. The van der Waals surface area contributed by atoms with Crippen molar-refractivity contribution in [1.82, 2.24) is 4.42 Å². The number of rotatable bonds is 0. The van der Waals surface area contributed by atoms with Gasteiger partial charge in [-0.3, -0.25) is 4.79 Å². The summed E-state index contributed by atoms with van der Waals surface area (Å²) in [6.07, 6.45) is 7.16. The predicted octanol–water partition coefficient (Wildman–Crippen LogP) is 3.29. The van der Waals surface area contributed by atoms with Crippen LogP contribution in [0.1, 0.15) is 58.8 Å². The molecule has 0 unspecified atom stereocenters. The first kappa shape index (κ1) is 11.4. The van der Waals surface area contributed by atoms with Gasteiger partial charge in [-0.05, 0) is 38.5 Å². The number of halogens is 1. The standard InChI is InChI=1S/C12H20ClNO/c1-11(2)8-10(15)9-12(14(11)13)6-4-3-5-7-12/h3-9H2,1-2H3. The van der Waals surface area contributed by atoms with E-state index in [4.69, 9.17) is 11.8 Å². The van der Waals surface area contributed by atoms with E-state index in [0.717, 1.165) is 12.8 Å². The molecule has 0 aromatic rings. The Bertz CT molecular complexity index is 269. The van der Waals surface area contributed by atoms with E-state index < -0.39 is 0 Å². The number of Topliss-reactive ketones (excluding diaryl/α,β-unsaturated/α-hetero) is 1. The van der Waals surface area contributed by atoms with Gasteiger partial charge >= 0.3 is 0 Å². The first-order valence-corrected chi connectivity index (χ1v) is 6.28. The highest BCUT2D eigenvalue weighted by Gasteiger charge is 2.49. The summed E-state index contributed by atoms with van der Waals surface area (Å²) in [4.78, 5) is 11.8. The Morgan fingerprint density at radius 3 is 2.33 bits per heavy atom. The van der Waals surface area contributed by atoms with Crippen LogP contribution in [-0.4, -0.2) is 21.3 Å². The minimum atomic E-state index is -0.172. The minimum Gasteiger partial charge on any atom is -0.300 e. The molecule has 0 aromatic heterocycles. The van der Waals surface area contributed by atoms with E-state index in [1.807, 2.05) is 4.42 Å². The molecular weight excluding hydrogens is 210 g/mol. The molecule has 1 aliphatic carbocycles. The van der Waals surface area contributed by atoms with Gasteiger partial charge in [0.15, 0.2) is 0 Å². The summed E-state index contributed by atoms with van der Waals surface area (Å²) in [5.74, 6) is 0.388. The summed E-state index contributed by atoms with van der Waals surface area (Å²) >= 11 is 6.49. The lowest BCUT2D eigenvalue weighted by Gasteiger charge is -2.52. The number of carbonyl (C=O) groups excluding carboxylic acids is 1. The average molecular weight is 230 g/mol. The van der Waals surface area contributed by atoms with Crippen LogP contribution in [0, 0.1) is 0 Å². The molecule has 1 aliphatic heterocycles. The normalized spacial score (nSPS) is 30.7. The van der Waals surface area contributed by atoms with Crippen LogP contribution in [0.2, 0.25) is 0 Å². The van der Waals surface area contributed by atoms with Gasteiger partial charge in [-0.25, -0.2) is 4.42 Å². The maximum atomic E-state index is 11.8. The predicted molar refractivity (Wildman–Crippen MR) is 61.8 cm³/mol. The van der Waals surface area contributed by atoms with E-state index in [0.29, 0.717) is 18.6 Å². The molecule has 0 aromatic carbocycles. The Kier molecular flexibility index (Phi) is 2.85. The smallest absolute Gasteiger partial charge is 0.136 e. The van der Waals surface area contributed by atoms with Gasteiger partial charge in [-0.2, -0.15) is 0 Å². The van der Waals surface area contributed by atoms with E-state index in [9.17, 15) is 4.79 Å². The number of ketones is 1. The molecule has 0 amide bonds. The second kappa shape index (κ2) is 3.74. The van der Waals surface area contributed by atoms with Crippen molar-refractivity contribution in [3.8, 4) is 0 Å². The van der Waals surface area contributed by atoms with Gasteiger partial charge in [0.25, 0.3) is 0 Å². The van der Waals surface area contributed by atoms with Gasteiger partial charge in [-0.1, -0.05) is 19.3 Å². The van der Waals surface area contributed by atoms with E-state index >= 15 is 0 Å². The molecule has 1 heterocycles. The van der Waals surface area contributed by atoms with Crippen molar-refractivity contribution in [3.05, 3.63) is 0 Å². The maximum Gasteiger partial charge on any atom is 0.136 e. The zero-order valence-electron chi connectivity index (χ0n) is 9.68. The van der Waals surface area contributed by atoms with Crippen LogP contribution in [0.5, 0.6) is 0 Å². The molecule has 2 fully saturated rings.